The van der Waals surface area contributed by atoms with Crippen molar-refractivity contribution in [1.82, 2.24) is 0 Å². The maximum atomic E-state index is 13.1. The predicted molar refractivity (Wildman–Crippen MR) is 70.4 cm³/mol. The maximum absolute atomic E-state index is 13.1. The molecule has 1 nitrogen and oxygen atoms in total. The van der Waals surface area contributed by atoms with E-state index in [2.05, 4.69) is 15.9 Å². The first-order chi connectivity index (χ1) is 8.79. The second-order valence-electron chi connectivity index (χ2n) is 5.03. The largest absolute Gasteiger partial charge is 0.416 e. The number of halogens is 4. The summed E-state index contributed by atoms with van der Waals surface area (Å²) in [5.41, 5.74) is -1.09. The summed E-state index contributed by atoms with van der Waals surface area (Å²) >= 11 is 3.30. The van der Waals surface area contributed by atoms with Crippen LogP contribution >= 0.6 is 15.9 Å². The zero-order valence-electron chi connectivity index (χ0n) is 10.4. The van der Waals surface area contributed by atoms with Crippen molar-refractivity contribution in [2.24, 2.45) is 0 Å². The highest BCUT2D eigenvalue weighted by molar-refractivity contribution is 9.10. The molecular formula is C14H14BrF3O. The van der Waals surface area contributed by atoms with E-state index in [1.807, 2.05) is 0 Å². The summed E-state index contributed by atoms with van der Waals surface area (Å²) in [7, 11) is 0. The zero-order chi connectivity index (χ0) is 14.3. The summed E-state index contributed by atoms with van der Waals surface area (Å²) in [6, 6.07) is 5.58. The fourth-order valence-electron chi connectivity index (χ4n) is 2.77. The van der Waals surface area contributed by atoms with Crippen LogP contribution in [-0.2, 0) is 16.4 Å². The van der Waals surface area contributed by atoms with Crippen molar-refractivity contribution in [3.63, 3.8) is 0 Å². The van der Waals surface area contributed by atoms with Crippen LogP contribution in [0.3, 0.4) is 0 Å². The molecule has 0 aromatic heterocycles. The molecule has 1 aliphatic carbocycles. The highest BCUT2D eigenvalue weighted by atomic mass is 79.9. The number of benzene rings is 1. The van der Waals surface area contributed by atoms with Crippen molar-refractivity contribution < 1.29 is 18.0 Å². The van der Waals surface area contributed by atoms with Crippen molar-refractivity contribution in [1.29, 1.82) is 0 Å². The molecule has 2 rings (SSSR count). The lowest BCUT2D eigenvalue weighted by atomic mass is 9.61. The first-order valence-electron chi connectivity index (χ1n) is 6.10. The fourth-order valence-corrected chi connectivity index (χ4v) is 3.48. The first-order valence-corrected chi connectivity index (χ1v) is 7.02. The number of carbonyl (C=O) groups is 1. The summed E-state index contributed by atoms with van der Waals surface area (Å²) in [5.74, 6) is -0.128. The fraction of sp³-hybridized carbons (Fsp3) is 0.500. The normalized spacial score (nSPS) is 19.6. The van der Waals surface area contributed by atoms with Gasteiger partial charge in [0.25, 0.3) is 0 Å². The van der Waals surface area contributed by atoms with Crippen LogP contribution in [0.1, 0.15) is 37.3 Å². The standard InChI is InChI=1S/C14H14BrF3O/c1-9(19)12(15)13(7-4-8-13)10-5-2-3-6-11(10)14(16,17)18/h2-3,5-6,12H,4,7-8H2,1H3. The topological polar surface area (TPSA) is 17.1 Å². The van der Waals surface area contributed by atoms with Gasteiger partial charge in [-0.15, -0.1) is 0 Å². The van der Waals surface area contributed by atoms with Gasteiger partial charge in [0.05, 0.1) is 10.4 Å². The van der Waals surface area contributed by atoms with Crippen LogP contribution in [0.25, 0.3) is 0 Å². The summed E-state index contributed by atoms with van der Waals surface area (Å²) < 4.78 is 39.3. The molecule has 1 fully saturated rings. The second-order valence-corrected chi connectivity index (χ2v) is 5.94. The van der Waals surface area contributed by atoms with Gasteiger partial charge in [-0.2, -0.15) is 13.2 Å². The monoisotopic (exact) mass is 334 g/mol. The third kappa shape index (κ3) is 2.45. The van der Waals surface area contributed by atoms with Crippen LogP contribution in [0.2, 0.25) is 0 Å². The molecule has 0 aliphatic heterocycles. The van der Waals surface area contributed by atoms with E-state index < -0.39 is 22.0 Å². The Morgan fingerprint density at radius 2 is 1.89 bits per heavy atom. The molecule has 19 heavy (non-hydrogen) atoms. The third-order valence-electron chi connectivity index (χ3n) is 3.86. The van der Waals surface area contributed by atoms with Gasteiger partial charge >= 0.3 is 6.18 Å². The van der Waals surface area contributed by atoms with Gasteiger partial charge in [-0.25, -0.2) is 0 Å². The van der Waals surface area contributed by atoms with Crippen LogP contribution in [0, 0.1) is 0 Å². The van der Waals surface area contributed by atoms with Crippen molar-refractivity contribution in [3.8, 4) is 0 Å². The molecule has 1 unspecified atom stereocenters. The molecule has 1 aromatic carbocycles. The van der Waals surface area contributed by atoms with Crippen LogP contribution in [0.5, 0.6) is 0 Å². The van der Waals surface area contributed by atoms with Gasteiger partial charge in [-0.3, -0.25) is 4.79 Å². The van der Waals surface area contributed by atoms with Gasteiger partial charge < -0.3 is 0 Å². The van der Waals surface area contributed by atoms with Crippen LogP contribution in [0.15, 0.2) is 24.3 Å². The summed E-state index contributed by atoms with van der Waals surface area (Å²) in [4.78, 5) is 11.0. The minimum atomic E-state index is -4.39. The molecular weight excluding hydrogens is 321 g/mol. The number of ketones is 1. The van der Waals surface area contributed by atoms with Crippen LogP contribution in [-0.4, -0.2) is 10.6 Å². The first kappa shape index (κ1) is 14.6. The maximum Gasteiger partial charge on any atom is 0.416 e. The quantitative estimate of drug-likeness (QED) is 0.745. The molecule has 0 heterocycles. The van der Waals surface area contributed by atoms with Gasteiger partial charge in [0, 0.05) is 5.41 Å². The molecule has 1 atom stereocenters. The average Bonchev–Trinajstić information content (AvgIpc) is 2.26. The van der Waals surface area contributed by atoms with E-state index in [0.29, 0.717) is 12.8 Å². The Kier molecular flexibility index (Phi) is 3.78. The van der Waals surface area contributed by atoms with E-state index in [0.717, 1.165) is 12.5 Å². The Hall–Kier alpha value is -0.840. The van der Waals surface area contributed by atoms with Gasteiger partial charge in [0.1, 0.15) is 5.78 Å². The van der Waals surface area contributed by atoms with Crippen LogP contribution < -0.4 is 0 Å². The lowest BCUT2D eigenvalue weighted by Gasteiger charge is -2.46. The molecule has 5 heteroatoms. The summed E-state index contributed by atoms with van der Waals surface area (Å²) in [6.45, 7) is 1.41. The molecule has 1 saturated carbocycles. The van der Waals surface area contributed by atoms with Crippen LogP contribution in [0.4, 0.5) is 13.2 Å². The molecule has 1 aliphatic rings. The van der Waals surface area contributed by atoms with Gasteiger partial charge in [0.2, 0.25) is 0 Å². The number of rotatable bonds is 3. The highest BCUT2D eigenvalue weighted by Gasteiger charge is 2.50. The third-order valence-corrected chi connectivity index (χ3v) is 5.38. The van der Waals surface area contributed by atoms with Crippen molar-refractivity contribution in [2.75, 3.05) is 0 Å². The van der Waals surface area contributed by atoms with E-state index in [-0.39, 0.29) is 11.3 Å². The highest BCUT2D eigenvalue weighted by Crippen LogP contribution is 2.52. The molecule has 0 saturated heterocycles. The van der Waals surface area contributed by atoms with Crippen molar-refractivity contribution >= 4 is 21.7 Å². The Labute approximate surface area is 118 Å². The van der Waals surface area contributed by atoms with Crippen molar-refractivity contribution in [3.05, 3.63) is 35.4 Å². The van der Waals surface area contributed by atoms with E-state index in [4.69, 9.17) is 0 Å². The Morgan fingerprint density at radius 1 is 1.32 bits per heavy atom. The van der Waals surface area contributed by atoms with Gasteiger partial charge in [0.15, 0.2) is 0 Å². The predicted octanol–water partition coefficient (Wildman–Crippen LogP) is 4.48. The van der Waals surface area contributed by atoms with E-state index >= 15 is 0 Å². The average molecular weight is 335 g/mol. The number of hydrogen-bond donors (Lipinski definition) is 0. The number of Topliss-reactive ketones (excluding diaryl/α,β-unsaturated/α-hetero) is 1. The molecule has 0 N–H and O–H groups in total. The van der Waals surface area contributed by atoms with E-state index in [1.165, 1.54) is 19.1 Å². The second kappa shape index (κ2) is 4.93. The molecule has 104 valence electrons. The Balaban J connectivity index is 2.54. The zero-order valence-corrected chi connectivity index (χ0v) is 12.0. The SMILES string of the molecule is CC(=O)C(Br)C1(c2ccccc2C(F)(F)F)CCC1. The molecule has 0 bridgehead atoms. The number of hydrogen-bond acceptors (Lipinski definition) is 1. The lowest BCUT2D eigenvalue weighted by molar-refractivity contribution is -0.139. The molecule has 0 spiro atoms. The number of carbonyl (C=O) groups excluding carboxylic acids is 1. The Bertz CT molecular complexity index is 492. The van der Waals surface area contributed by atoms with Gasteiger partial charge in [-0.05, 0) is 31.4 Å². The summed E-state index contributed by atoms with van der Waals surface area (Å²) in [5, 5.41) is 0. The Morgan fingerprint density at radius 3 is 2.32 bits per heavy atom. The number of alkyl halides is 4. The minimum absolute atomic E-state index is 0.128. The van der Waals surface area contributed by atoms with Crippen molar-refractivity contribution in [2.45, 2.75) is 42.6 Å². The van der Waals surface area contributed by atoms with E-state index in [9.17, 15) is 18.0 Å². The van der Waals surface area contributed by atoms with E-state index in [1.54, 1.807) is 6.07 Å². The minimum Gasteiger partial charge on any atom is -0.299 e. The molecule has 1 aromatic rings. The summed E-state index contributed by atoms with van der Waals surface area (Å²) in [6.07, 6.45) is -2.32. The molecule has 0 amide bonds. The van der Waals surface area contributed by atoms with Gasteiger partial charge in [-0.1, -0.05) is 40.5 Å². The lowest BCUT2D eigenvalue weighted by Crippen LogP contribution is -2.46. The molecule has 0 radical (unpaired) electrons. The smallest absolute Gasteiger partial charge is 0.299 e.